The Morgan fingerprint density at radius 2 is 1.57 bits per heavy atom. The summed E-state index contributed by atoms with van der Waals surface area (Å²) in [4.78, 5) is 35.6. The Morgan fingerprint density at radius 3 is 2.04 bits per heavy atom. The van der Waals surface area contributed by atoms with E-state index >= 15 is 0 Å². The molecule has 0 bridgehead atoms. The lowest BCUT2D eigenvalue weighted by molar-refractivity contribution is -0.398. The van der Waals surface area contributed by atoms with Crippen molar-refractivity contribution in [1.29, 1.82) is 0 Å². The molecule has 2 aromatic rings. The highest BCUT2D eigenvalue weighted by molar-refractivity contribution is 6.30. The van der Waals surface area contributed by atoms with Crippen molar-refractivity contribution >= 4 is 17.3 Å². The molecule has 0 spiro atoms. The fourth-order valence-electron chi connectivity index (χ4n) is 2.87. The third-order valence-corrected chi connectivity index (χ3v) is 3.87. The van der Waals surface area contributed by atoms with Crippen molar-refractivity contribution in [2.24, 2.45) is 0 Å². The number of ketones is 2. The van der Waals surface area contributed by atoms with Gasteiger partial charge in [0, 0.05) is 16.7 Å². The molecule has 0 N–H and O–H groups in total. The Bertz CT molecular complexity index is 900. The fourth-order valence-corrected chi connectivity index (χ4v) is 2.87. The van der Waals surface area contributed by atoms with E-state index in [1.54, 1.807) is 12.1 Å². The van der Waals surface area contributed by atoms with Gasteiger partial charge in [-0.3, -0.25) is 19.7 Å². The number of hydrogen-bond donors (Lipinski definition) is 0. The molecule has 0 unspecified atom stereocenters. The summed E-state index contributed by atoms with van der Waals surface area (Å²) >= 11 is 0. The average molecular weight is 312 g/mol. The predicted octanol–water partition coefficient (Wildman–Crippen LogP) is 1.76. The second-order valence-corrected chi connectivity index (χ2v) is 5.05. The Labute approximate surface area is 130 Å². The first-order valence-corrected chi connectivity index (χ1v) is 6.64. The van der Waals surface area contributed by atoms with Crippen LogP contribution in [0.4, 0.5) is 5.69 Å². The second-order valence-electron chi connectivity index (χ2n) is 5.05. The van der Waals surface area contributed by atoms with E-state index in [1.165, 1.54) is 26.2 Å². The molecule has 0 saturated carbocycles. The molecule has 0 aromatic heterocycles. The van der Waals surface area contributed by atoms with Gasteiger partial charge in [0.1, 0.15) is 5.75 Å². The number of carbonyl (C=O) groups excluding carboxylic acids is 2. The fraction of sp³-hybridized carbons (Fsp3) is 0.125. The minimum atomic E-state index is -1.06. The van der Waals surface area contributed by atoms with E-state index in [4.69, 9.17) is 4.74 Å². The van der Waals surface area contributed by atoms with E-state index in [2.05, 4.69) is 0 Å². The van der Waals surface area contributed by atoms with E-state index in [0.29, 0.717) is 0 Å². The van der Waals surface area contributed by atoms with Gasteiger partial charge in [0.15, 0.2) is 11.6 Å². The molecule has 7 nitrogen and oxygen atoms in total. The van der Waals surface area contributed by atoms with Crippen molar-refractivity contribution in [3.8, 4) is 11.5 Å². The highest BCUT2D eigenvalue weighted by Crippen LogP contribution is 2.45. The number of ether oxygens (including phenoxy) is 1. The summed E-state index contributed by atoms with van der Waals surface area (Å²) in [5.74, 6) is -2.43. The molecule has 0 radical (unpaired) electrons. The lowest BCUT2D eigenvalue weighted by Crippen LogP contribution is -2.24. The van der Waals surface area contributed by atoms with E-state index in [1.807, 2.05) is 0 Å². The quantitative estimate of drug-likeness (QED) is 0.527. The number of methoxy groups -OCH3 is 1. The lowest BCUT2D eigenvalue weighted by atomic mass is 9.81. The van der Waals surface area contributed by atoms with Crippen LogP contribution in [0.25, 0.3) is 0 Å². The molecule has 0 aliphatic heterocycles. The number of rotatable bonds is 2. The third-order valence-electron chi connectivity index (χ3n) is 3.87. The van der Waals surface area contributed by atoms with Crippen LogP contribution in [0.3, 0.4) is 0 Å². The molecule has 0 fully saturated rings. The SMILES string of the molecule is COc1c(C)c([N+](=O)[O-])c([O-])c2c1C(=O)c1ccccc1C2=O. The average Bonchev–Trinajstić information content (AvgIpc) is 2.52. The highest BCUT2D eigenvalue weighted by Gasteiger charge is 2.37. The van der Waals surface area contributed by atoms with Crippen molar-refractivity contribution in [3.63, 3.8) is 0 Å². The molecule has 0 amide bonds. The van der Waals surface area contributed by atoms with Crippen LogP contribution in [0.15, 0.2) is 24.3 Å². The molecular formula is C16H10NO6-. The normalized spacial score (nSPS) is 12.6. The molecule has 1 aliphatic rings. The molecule has 0 saturated heterocycles. The van der Waals surface area contributed by atoms with Gasteiger partial charge >= 0.3 is 0 Å². The Hall–Kier alpha value is -3.22. The predicted molar refractivity (Wildman–Crippen MR) is 77.1 cm³/mol. The number of benzene rings is 2. The van der Waals surface area contributed by atoms with E-state index in [0.717, 1.165) is 0 Å². The minimum Gasteiger partial charge on any atom is -0.867 e. The zero-order valence-corrected chi connectivity index (χ0v) is 12.2. The lowest BCUT2D eigenvalue weighted by Gasteiger charge is -2.25. The molecule has 7 heteroatoms. The van der Waals surface area contributed by atoms with Gasteiger partial charge in [0.2, 0.25) is 0 Å². The summed E-state index contributed by atoms with van der Waals surface area (Å²) in [6.45, 7) is 1.32. The number of carbonyl (C=O) groups is 2. The topological polar surface area (TPSA) is 110 Å². The van der Waals surface area contributed by atoms with E-state index < -0.39 is 33.5 Å². The molecule has 0 atom stereocenters. The van der Waals surface area contributed by atoms with Crippen molar-refractivity contribution in [2.75, 3.05) is 7.11 Å². The summed E-state index contributed by atoms with van der Waals surface area (Å²) in [7, 11) is 1.23. The first kappa shape index (κ1) is 14.7. The molecule has 23 heavy (non-hydrogen) atoms. The monoisotopic (exact) mass is 312 g/mol. The van der Waals surface area contributed by atoms with Gasteiger partial charge in [0.05, 0.1) is 23.2 Å². The Morgan fingerprint density at radius 1 is 1.04 bits per heavy atom. The van der Waals surface area contributed by atoms with Crippen LogP contribution in [0.2, 0.25) is 0 Å². The minimum absolute atomic E-state index is 0.0577. The van der Waals surface area contributed by atoms with Crippen LogP contribution in [0.1, 0.15) is 37.4 Å². The molecule has 3 rings (SSSR count). The largest absolute Gasteiger partial charge is 0.867 e. The summed E-state index contributed by atoms with van der Waals surface area (Å²) < 4.78 is 5.11. The van der Waals surface area contributed by atoms with Gasteiger partial charge in [-0.1, -0.05) is 24.3 Å². The molecule has 1 aliphatic carbocycles. The maximum absolute atomic E-state index is 12.7. The third kappa shape index (κ3) is 1.83. The van der Waals surface area contributed by atoms with Gasteiger partial charge in [-0.05, 0) is 12.7 Å². The van der Waals surface area contributed by atoms with Gasteiger partial charge in [0.25, 0.3) is 5.69 Å². The van der Waals surface area contributed by atoms with Crippen molar-refractivity contribution in [3.05, 3.63) is 62.2 Å². The number of nitro groups is 1. The number of fused-ring (bicyclic) bond motifs is 2. The first-order chi connectivity index (χ1) is 10.9. The summed E-state index contributed by atoms with van der Waals surface area (Å²) in [6.07, 6.45) is 0. The number of nitrogens with zero attached hydrogens (tertiary/aromatic N) is 1. The number of nitro benzene ring substituents is 1. The van der Waals surface area contributed by atoms with Crippen LogP contribution in [0.5, 0.6) is 11.5 Å². The summed E-state index contributed by atoms with van der Waals surface area (Å²) in [5.41, 5.74) is -1.31. The van der Waals surface area contributed by atoms with Crippen LogP contribution >= 0.6 is 0 Å². The molecular weight excluding hydrogens is 302 g/mol. The van der Waals surface area contributed by atoms with Crippen LogP contribution in [0, 0.1) is 17.0 Å². The highest BCUT2D eigenvalue weighted by atomic mass is 16.6. The standard InChI is InChI=1S/C16H11NO6/c1-7-12(17(21)22)15(20)10-11(16(7)23-2)14(19)9-6-4-3-5-8(9)13(10)18/h3-6,20H,1-2H3/p-1. The molecule has 2 aromatic carbocycles. The molecule has 0 heterocycles. The Balaban J connectivity index is 2.48. The van der Waals surface area contributed by atoms with Crippen molar-refractivity contribution in [2.45, 2.75) is 6.92 Å². The van der Waals surface area contributed by atoms with Crippen LogP contribution in [-0.2, 0) is 0 Å². The zero-order chi connectivity index (χ0) is 16.9. The van der Waals surface area contributed by atoms with Gasteiger partial charge in [-0.25, -0.2) is 0 Å². The number of hydrogen-bond acceptors (Lipinski definition) is 6. The van der Waals surface area contributed by atoms with Crippen LogP contribution in [-0.4, -0.2) is 23.6 Å². The second kappa shape index (κ2) is 4.91. The van der Waals surface area contributed by atoms with E-state index in [-0.39, 0.29) is 28.0 Å². The first-order valence-electron chi connectivity index (χ1n) is 6.64. The van der Waals surface area contributed by atoms with Gasteiger partial charge in [-0.15, -0.1) is 0 Å². The van der Waals surface area contributed by atoms with Crippen LogP contribution < -0.4 is 9.84 Å². The van der Waals surface area contributed by atoms with Gasteiger partial charge < -0.3 is 9.84 Å². The van der Waals surface area contributed by atoms with E-state index in [9.17, 15) is 24.8 Å². The Kier molecular flexibility index (Phi) is 3.14. The van der Waals surface area contributed by atoms with Crippen molar-refractivity contribution < 1.29 is 24.4 Å². The molecule has 116 valence electrons. The summed E-state index contributed by atoms with van der Waals surface area (Å²) in [5, 5.41) is 23.6. The maximum atomic E-state index is 12.7. The smallest absolute Gasteiger partial charge is 0.269 e. The zero-order valence-electron chi connectivity index (χ0n) is 12.2. The maximum Gasteiger partial charge on any atom is 0.269 e. The summed E-state index contributed by atoms with van der Waals surface area (Å²) in [6, 6.07) is 6.03. The van der Waals surface area contributed by atoms with Gasteiger partial charge in [-0.2, -0.15) is 0 Å². The van der Waals surface area contributed by atoms with Crippen molar-refractivity contribution in [1.82, 2.24) is 0 Å².